The number of alkyl halides is 1. The predicted molar refractivity (Wildman–Crippen MR) is 66.3 cm³/mol. The van der Waals surface area contributed by atoms with Gasteiger partial charge in [-0.1, -0.05) is 0 Å². The van der Waals surface area contributed by atoms with E-state index < -0.39 is 5.67 Å². The highest BCUT2D eigenvalue weighted by molar-refractivity contribution is 5.48. The predicted octanol–water partition coefficient (Wildman–Crippen LogP) is 1.52. The molecule has 1 rings (SSSR count). The molecule has 0 aromatic carbocycles. The molecule has 0 aliphatic rings. The first-order chi connectivity index (χ1) is 8.05. The number of nitrogens with two attached hydrogens (primary N) is 2. The van der Waals surface area contributed by atoms with Gasteiger partial charge in [-0.15, -0.1) is 0 Å². The van der Waals surface area contributed by atoms with Crippen molar-refractivity contribution < 1.29 is 9.13 Å². The van der Waals surface area contributed by atoms with Crippen molar-refractivity contribution in [1.82, 2.24) is 4.98 Å². The van der Waals surface area contributed by atoms with Gasteiger partial charge in [0, 0.05) is 18.9 Å². The molecule has 0 bridgehead atoms. The SMILES string of the molecule is COCC(F)(CCCN)c1c(C)ccnc1N. The van der Waals surface area contributed by atoms with Gasteiger partial charge in [-0.05, 0) is 37.9 Å². The van der Waals surface area contributed by atoms with Crippen LogP contribution in [0, 0.1) is 6.92 Å². The lowest BCUT2D eigenvalue weighted by Gasteiger charge is -2.27. The summed E-state index contributed by atoms with van der Waals surface area (Å²) in [5.74, 6) is 0.224. The summed E-state index contributed by atoms with van der Waals surface area (Å²) in [6, 6.07) is 1.75. The Morgan fingerprint density at radius 3 is 2.76 bits per heavy atom. The van der Waals surface area contributed by atoms with E-state index in [1.807, 2.05) is 6.92 Å². The van der Waals surface area contributed by atoms with Crippen molar-refractivity contribution in [3.05, 3.63) is 23.4 Å². The third kappa shape index (κ3) is 3.14. The van der Waals surface area contributed by atoms with Crippen LogP contribution in [0.3, 0.4) is 0 Å². The van der Waals surface area contributed by atoms with Crippen molar-refractivity contribution in [3.8, 4) is 0 Å². The third-order valence-corrected chi connectivity index (χ3v) is 2.79. The number of hydrogen-bond donors (Lipinski definition) is 2. The van der Waals surface area contributed by atoms with Crippen molar-refractivity contribution in [2.45, 2.75) is 25.4 Å². The normalized spacial score (nSPS) is 14.6. The van der Waals surface area contributed by atoms with Gasteiger partial charge in [-0.3, -0.25) is 0 Å². The number of ether oxygens (including phenoxy) is 1. The lowest BCUT2D eigenvalue weighted by atomic mass is 9.89. The largest absolute Gasteiger partial charge is 0.383 e. The molecular formula is C12H20FN3O. The number of halogens is 1. The minimum Gasteiger partial charge on any atom is -0.383 e. The number of aryl methyl sites for hydroxylation is 1. The smallest absolute Gasteiger partial charge is 0.162 e. The Kier molecular flexibility index (Phi) is 4.84. The number of nitrogens with zero attached hydrogens (tertiary/aromatic N) is 1. The summed E-state index contributed by atoms with van der Waals surface area (Å²) in [6.07, 6.45) is 2.44. The molecule has 4 N–H and O–H groups in total. The van der Waals surface area contributed by atoms with Gasteiger partial charge >= 0.3 is 0 Å². The number of pyridine rings is 1. The monoisotopic (exact) mass is 241 g/mol. The van der Waals surface area contributed by atoms with E-state index in [0.717, 1.165) is 5.56 Å². The summed E-state index contributed by atoms with van der Waals surface area (Å²) in [5, 5.41) is 0. The first kappa shape index (κ1) is 13.9. The minimum absolute atomic E-state index is 0.0380. The van der Waals surface area contributed by atoms with E-state index in [0.29, 0.717) is 18.5 Å². The molecule has 1 aromatic heterocycles. The van der Waals surface area contributed by atoms with Crippen molar-refractivity contribution in [2.24, 2.45) is 5.73 Å². The van der Waals surface area contributed by atoms with Crippen LogP contribution in [0.1, 0.15) is 24.0 Å². The average Bonchev–Trinajstić information content (AvgIpc) is 2.26. The molecule has 0 aliphatic carbocycles. The highest BCUT2D eigenvalue weighted by atomic mass is 19.1. The second-order valence-electron chi connectivity index (χ2n) is 4.18. The lowest BCUT2D eigenvalue weighted by molar-refractivity contribution is 0.0303. The van der Waals surface area contributed by atoms with Crippen molar-refractivity contribution in [3.63, 3.8) is 0 Å². The molecule has 96 valence electrons. The fourth-order valence-corrected chi connectivity index (χ4v) is 2.04. The van der Waals surface area contributed by atoms with Crippen LogP contribution in [0.25, 0.3) is 0 Å². The molecule has 0 saturated heterocycles. The molecule has 4 nitrogen and oxygen atoms in total. The van der Waals surface area contributed by atoms with Crippen LogP contribution in [-0.4, -0.2) is 25.2 Å². The number of rotatable bonds is 6. The molecule has 1 aromatic rings. The summed E-state index contributed by atoms with van der Waals surface area (Å²) in [4.78, 5) is 3.95. The molecule has 0 saturated carbocycles. The summed E-state index contributed by atoms with van der Waals surface area (Å²) in [5.41, 5.74) is 10.8. The minimum atomic E-state index is -1.61. The number of nitrogen functional groups attached to an aromatic ring is 1. The Morgan fingerprint density at radius 1 is 1.53 bits per heavy atom. The van der Waals surface area contributed by atoms with Crippen molar-refractivity contribution >= 4 is 5.82 Å². The van der Waals surface area contributed by atoms with Gasteiger partial charge in [0.25, 0.3) is 0 Å². The molecule has 1 atom stereocenters. The quantitative estimate of drug-likeness (QED) is 0.792. The zero-order valence-electron chi connectivity index (χ0n) is 10.4. The van der Waals surface area contributed by atoms with Crippen LogP contribution >= 0.6 is 0 Å². The Hall–Kier alpha value is -1.20. The fraction of sp³-hybridized carbons (Fsp3) is 0.583. The van der Waals surface area contributed by atoms with Gasteiger partial charge in [0.15, 0.2) is 5.67 Å². The molecule has 0 spiro atoms. The maximum atomic E-state index is 14.9. The van der Waals surface area contributed by atoms with E-state index in [1.54, 1.807) is 12.3 Å². The molecule has 1 unspecified atom stereocenters. The standard InChI is InChI=1S/C12H20FN3O/c1-9-4-7-16-11(15)10(9)12(13,8-17-2)5-3-6-14/h4,7H,3,5-6,8,14H2,1-2H3,(H2,15,16). The molecule has 0 aliphatic heterocycles. The number of aromatic nitrogens is 1. The van der Waals surface area contributed by atoms with E-state index in [1.165, 1.54) is 7.11 Å². The highest BCUT2D eigenvalue weighted by Gasteiger charge is 2.35. The van der Waals surface area contributed by atoms with E-state index in [2.05, 4.69) is 4.98 Å². The maximum Gasteiger partial charge on any atom is 0.162 e. The van der Waals surface area contributed by atoms with E-state index in [9.17, 15) is 4.39 Å². The zero-order valence-corrected chi connectivity index (χ0v) is 10.4. The maximum absolute atomic E-state index is 14.9. The Balaban J connectivity index is 3.12. The molecule has 5 heteroatoms. The summed E-state index contributed by atoms with van der Waals surface area (Å²) in [6.45, 7) is 2.22. The zero-order chi connectivity index (χ0) is 12.9. The van der Waals surface area contributed by atoms with Crippen LogP contribution in [0.4, 0.5) is 10.2 Å². The lowest BCUT2D eigenvalue weighted by Crippen LogP contribution is -2.29. The Morgan fingerprint density at radius 2 is 2.24 bits per heavy atom. The first-order valence-electron chi connectivity index (χ1n) is 5.64. The Labute approximate surface area is 101 Å². The molecule has 0 radical (unpaired) electrons. The van der Waals surface area contributed by atoms with Crippen molar-refractivity contribution in [1.29, 1.82) is 0 Å². The topological polar surface area (TPSA) is 74.2 Å². The van der Waals surface area contributed by atoms with Crippen LogP contribution < -0.4 is 11.5 Å². The third-order valence-electron chi connectivity index (χ3n) is 2.79. The fourth-order valence-electron chi connectivity index (χ4n) is 2.04. The molecule has 0 fully saturated rings. The molecule has 0 amide bonds. The van der Waals surface area contributed by atoms with Crippen LogP contribution in [0.5, 0.6) is 0 Å². The molecule has 17 heavy (non-hydrogen) atoms. The summed E-state index contributed by atoms with van der Waals surface area (Å²) < 4.78 is 19.9. The second kappa shape index (κ2) is 5.93. The van der Waals surface area contributed by atoms with Gasteiger partial charge in [-0.2, -0.15) is 0 Å². The Bertz CT molecular complexity index is 353. The number of hydrogen-bond acceptors (Lipinski definition) is 4. The van der Waals surface area contributed by atoms with Crippen molar-refractivity contribution in [2.75, 3.05) is 26.0 Å². The summed E-state index contributed by atoms with van der Waals surface area (Å²) >= 11 is 0. The van der Waals surface area contributed by atoms with E-state index in [4.69, 9.17) is 16.2 Å². The number of anilines is 1. The van der Waals surface area contributed by atoms with E-state index >= 15 is 0 Å². The van der Waals surface area contributed by atoms with Gasteiger partial charge in [-0.25, -0.2) is 9.37 Å². The van der Waals surface area contributed by atoms with Gasteiger partial charge in [0.1, 0.15) is 5.82 Å². The van der Waals surface area contributed by atoms with Gasteiger partial charge < -0.3 is 16.2 Å². The molecule has 1 heterocycles. The summed E-state index contributed by atoms with van der Waals surface area (Å²) in [7, 11) is 1.47. The number of methoxy groups -OCH3 is 1. The van der Waals surface area contributed by atoms with Gasteiger partial charge in [0.2, 0.25) is 0 Å². The van der Waals surface area contributed by atoms with Crippen LogP contribution in [0.2, 0.25) is 0 Å². The van der Waals surface area contributed by atoms with Crippen LogP contribution in [0.15, 0.2) is 12.3 Å². The molecular weight excluding hydrogens is 221 g/mol. The first-order valence-corrected chi connectivity index (χ1v) is 5.64. The van der Waals surface area contributed by atoms with E-state index in [-0.39, 0.29) is 18.8 Å². The highest BCUT2D eigenvalue weighted by Crippen LogP contribution is 2.36. The van der Waals surface area contributed by atoms with Crippen LogP contribution in [-0.2, 0) is 10.4 Å². The van der Waals surface area contributed by atoms with Gasteiger partial charge in [0.05, 0.1) is 6.61 Å². The second-order valence-corrected chi connectivity index (χ2v) is 4.18. The average molecular weight is 241 g/mol.